The molecule has 1 atom stereocenters. The first-order valence-electron chi connectivity index (χ1n) is 6.15. The van der Waals surface area contributed by atoms with Crippen LogP contribution in [0.2, 0.25) is 0 Å². The van der Waals surface area contributed by atoms with Gasteiger partial charge in [-0.3, -0.25) is 4.90 Å². The van der Waals surface area contributed by atoms with E-state index in [0.717, 1.165) is 38.2 Å². The summed E-state index contributed by atoms with van der Waals surface area (Å²) >= 11 is 0. The van der Waals surface area contributed by atoms with Crippen LogP contribution in [0.3, 0.4) is 0 Å². The van der Waals surface area contributed by atoms with E-state index in [1.165, 1.54) is 5.56 Å². The molecular weight excluding hydrogens is 212 g/mol. The van der Waals surface area contributed by atoms with E-state index >= 15 is 0 Å². The number of nitriles is 1. The van der Waals surface area contributed by atoms with Crippen LogP contribution in [0.5, 0.6) is 0 Å². The first kappa shape index (κ1) is 12.1. The van der Waals surface area contributed by atoms with Crippen LogP contribution in [-0.2, 0) is 11.3 Å². The van der Waals surface area contributed by atoms with Crippen molar-refractivity contribution in [3.05, 3.63) is 35.4 Å². The molecule has 90 valence electrons. The number of morpholine rings is 1. The van der Waals surface area contributed by atoms with Crippen LogP contribution in [0, 0.1) is 11.3 Å². The maximum Gasteiger partial charge on any atom is 0.0991 e. The summed E-state index contributed by atoms with van der Waals surface area (Å²) in [5.41, 5.74) is 1.95. The first-order valence-corrected chi connectivity index (χ1v) is 6.15. The van der Waals surface area contributed by atoms with Crippen LogP contribution >= 0.6 is 0 Å². The van der Waals surface area contributed by atoms with Crippen molar-refractivity contribution in [2.75, 3.05) is 19.7 Å². The van der Waals surface area contributed by atoms with E-state index in [1.807, 2.05) is 18.2 Å². The molecule has 0 spiro atoms. The van der Waals surface area contributed by atoms with Crippen molar-refractivity contribution in [3.8, 4) is 6.07 Å². The summed E-state index contributed by atoms with van der Waals surface area (Å²) in [4.78, 5) is 2.40. The third kappa shape index (κ3) is 3.29. The predicted molar refractivity (Wildman–Crippen MR) is 66.5 cm³/mol. The molecule has 17 heavy (non-hydrogen) atoms. The molecule has 0 amide bonds. The molecule has 1 aliphatic rings. The van der Waals surface area contributed by atoms with E-state index < -0.39 is 0 Å². The van der Waals surface area contributed by atoms with E-state index in [0.29, 0.717) is 6.10 Å². The van der Waals surface area contributed by atoms with Crippen LogP contribution in [0.15, 0.2) is 24.3 Å². The third-order valence-corrected chi connectivity index (χ3v) is 3.14. The average Bonchev–Trinajstić information content (AvgIpc) is 2.39. The molecule has 3 heteroatoms. The lowest BCUT2D eigenvalue weighted by Crippen LogP contribution is -2.41. The number of ether oxygens (including phenoxy) is 1. The van der Waals surface area contributed by atoms with E-state index in [2.05, 4.69) is 24.0 Å². The smallest absolute Gasteiger partial charge is 0.0991 e. The van der Waals surface area contributed by atoms with Crippen molar-refractivity contribution < 1.29 is 4.74 Å². The van der Waals surface area contributed by atoms with Gasteiger partial charge in [-0.15, -0.1) is 0 Å². The van der Waals surface area contributed by atoms with Gasteiger partial charge in [-0.25, -0.2) is 0 Å². The molecule has 2 rings (SSSR count). The van der Waals surface area contributed by atoms with Gasteiger partial charge in [0.1, 0.15) is 0 Å². The lowest BCUT2D eigenvalue weighted by Gasteiger charge is -2.32. The minimum Gasteiger partial charge on any atom is -0.376 e. The van der Waals surface area contributed by atoms with Gasteiger partial charge in [0.05, 0.1) is 24.3 Å². The molecule has 1 saturated heterocycles. The Kier molecular flexibility index (Phi) is 4.13. The lowest BCUT2D eigenvalue weighted by molar-refractivity contribution is -0.0324. The Bertz CT molecular complexity index is 411. The zero-order valence-electron chi connectivity index (χ0n) is 10.2. The SMILES string of the molecule is CCC1CN(Cc2cccc(C#N)c2)CCO1. The van der Waals surface area contributed by atoms with Crippen LogP contribution in [0.25, 0.3) is 0 Å². The van der Waals surface area contributed by atoms with Crippen molar-refractivity contribution in [2.24, 2.45) is 0 Å². The van der Waals surface area contributed by atoms with Gasteiger partial charge >= 0.3 is 0 Å². The number of hydrogen-bond donors (Lipinski definition) is 0. The van der Waals surface area contributed by atoms with Gasteiger partial charge in [-0.2, -0.15) is 5.26 Å². The van der Waals surface area contributed by atoms with Crippen LogP contribution in [0.4, 0.5) is 0 Å². The van der Waals surface area contributed by atoms with E-state index in [-0.39, 0.29) is 0 Å². The molecular formula is C14H18N2O. The molecule has 0 aromatic heterocycles. The topological polar surface area (TPSA) is 36.3 Å². The fraction of sp³-hybridized carbons (Fsp3) is 0.500. The molecule has 3 nitrogen and oxygen atoms in total. The quantitative estimate of drug-likeness (QED) is 0.798. The molecule has 0 aliphatic carbocycles. The average molecular weight is 230 g/mol. The summed E-state index contributed by atoms with van der Waals surface area (Å²) in [6.07, 6.45) is 1.43. The summed E-state index contributed by atoms with van der Waals surface area (Å²) in [5, 5.41) is 8.86. The molecule has 1 fully saturated rings. The molecule has 1 unspecified atom stereocenters. The van der Waals surface area contributed by atoms with Crippen molar-refractivity contribution in [2.45, 2.75) is 26.0 Å². The van der Waals surface area contributed by atoms with Gasteiger partial charge in [0, 0.05) is 19.6 Å². The van der Waals surface area contributed by atoms with Crippen LogP contribution in [-0.4, -0.2) is 30.7 Å². The molecule has 1 aromatic rings. The Morgan fingerprint density at radius 1 is 1.53 bits per heavy atom. The largest absolute Gasteiger partial charge is 0.376 e. The van der Waals surface area contributed by atoms with E-state index in [9.17, 15) is 0 Å². The third-order valence-electron chi connectivity index (χ3n) is 3.14. The zero-order chi connectivity index (χ0) is 12.1. The Labute approximate surface area is 103 Å². The molecule has 1 aliphatic heterocycles. The molecule has 1 heterocycles. The standard InChI is InChI=1S/C14H18N2O/c1-2-14-11-16(6-7-17-14)10-13-5-3-4-12(8-13)9-15/h3-5,8,14H,2,6-7,10-11H2,1H3. The number of hydrogen-bond acceptors (Lipinski definition) is 3. The Balaban J connectivity index is 1.98. The molecule has 0 saturated carbocycles. The summed E-state index contributed by atoms with van der Waals surface area (Å²) in [7, 11) is 0. The second-order valence-electron chi connectivity index (χ2n) is 4.45. The minimum atomic E-state index is 0.364. The first-order chi connectivity index (χ1) is 8.31. The summed E-state index contributed by atoms with van der Waals surface area (Å²) < 4.78 is 5.65. The van der Waals surface area contributed by atoms with Crippen molar-refractivity contribution in [1.82, 2.24) is 4.90 Å². The highest BCUT2D eigenvalue weighted by Gasteiger charge is 2.18. The summed E-state index contributed by atoms with van der Waals surface area (Å²) in [6.45, 7) is 5.86. The predicted octanol–water partition coefficient (Wildman–Crippen LogP) is 2.17. The molecule has 0 bridgehead atoms. The molecule has 1 aromatic carbocycles. The second kappa shape index (κ2) is 5.81. The maximum atomic E-state index is 8.86. The normalized spacial score (nSPS) is 21.1. The van der Waals surface area contributed by atoms with Gasteiger partial charge in [0.25, 0.3) is 0 Å². The van der Waals surface area contributed by atoms with Gasteiger partial charge in [-0.05, 0) is 24.1 Å². The molecule has 0 N–H and O–H groups in total. The summed E-state index contributed by atoms with van der Waals surface area (Å²) in [6, 6.07) is 10.0. The lowest BCUT2D eigenvalue weighted by atomic mass is 10.1. The maximum absolute atomic E-state index is 8.86. The van der Waals surface area contributed by atoms with E-state index in [1.54, 1.807) is 0 Å². The zero-order valence-corrected chi connectivity index (χ0v) is 10.2. The Morgan fingerprint density at radius 3 is 3.18 bits per heavy atom. The van der Waals surface area contributed by atoms with E-state index in [4.69, 9.17) is 10.00 Å². The van der Waals surface area contributed by atoms with Gasteiger partial charge in [-0.1, -0.05) is 19.1 Å². The van der Waals surface area contributed by atoms with Crippen molar-refractivity contribution >= 4 is 0 Å². The fourth-order valence-corrected chi connectivity index (χ4v) is 2.17. The number of nitrogens with zero attached hydrogens (tertiary/aromatic N) is 2. The Hall–Kier alpha value is -1.37. The van der Waals surface area contributed by atoms with Gasteiger partial charge < -0.3 is 4.74 Å². The highest BCUT2D eigenvalue weighted by atomic mass is 16.5. The second-order valence-corrected chi connectivity index (χ2v) is 4.45. The van der Waals surface area contributed by atoms with Crippen LogP contribution in [0.1, 0.15) is 24.5 Å². The molecule has 0 radical (unpaired) electrons. The number of rotatable bonds is 3. The summed E-state index contributed by atoms with van der Waals surface area (Å²) in [5.74, 6) is 0. The van der Waals surface area contributed by atoms with Crippen LogP contribution < -0.4 is 0 Å². The Morgan fingerprint density at radius 2 is 2.41 bits per heavy atom. The monoisotopic (exact) mass is 230 g/mol. The fourth-order valence-electron chi connectivity index (χ4n) is 2.17. The van der Waals surface area contributed by atoms with Crippen molar-refractivity contribution in [3.63, 3.8) is 0 Å². The minimum absolute atomic E-state index is 0.364. The number of benzene rings is 1. The highest BCUT2D eigenvalue weighted by molar-refractivity contribution is 5.32. The van der Waals surface area contributed by atoms with Crippen molar-refractivity contribution in [1.29, 1.82) is 5.26 Å². The van der Waals surface area contributed by atoms with Gasteiger partial charge in [0.2, 0.25) is 0 Å². The highest BCUT2D eigenvalue weighted by Crippen LogP contribution is 2.13. The van der Waals surface area contributed by atoms with Gasteiger partial charge in [0.15, 0.2) is 0 Å².